The van der Waals surface area contributed by atoms with Gasteiger partial charge in [-0.25, -0.2) is 9.78 Å². The lowest BCUT2D eigenvalue weighted by Gasteiger charge is -2.22. The number of carbonyl (C=O) groups is 2. The van der Waals surface area contributed by atoms with Gasteiger partial charge in [-0.05, 0) is 46.6 Å². The van der Waals surface area contributed by atoms with Gasteiger partial charge in [-0.3, -0.25) is 4.79 Å². The molecule has 0 aliphatic carbocycles. The molecular formula is C16H13BrClN3O3. The Morgan fingerprint density at radius 1 is 1.46 bits per heavy atom. The maximum absolute atomic E-state index is 12.3. The van der Waals surface area contributed by atoms with Crippen LogP contribution in [0.25, 0.3) is 0 Å². The Bertz CT molecular complexity index is 830. The molecule has 0 spiro atoms. The molecular weight excluding hydrogens is 398 g/mol. The van der Waals surface area contributed by atoms with Crippen LogP contribution in [0.2, 0.25) is 5.02 Å². The predicted octanol–water partition coefficient (Wildman–Crippen LogP) is 3.70. The van der Waals surface area contributed by atoms with Crippen LogP contribution in [-0.2, 0) is 10.3 Å². The normalized spacial score (nSPS) is 19.5. The number of anilines is 1. The summed E-state index contributed by atoms with van der Waals surface area (Å²) in [7, 11) is 0. The van der Waals surface area contributed by atoms with E-state index in [1.165, 1.54) is 12.3 Å². The van der Waals surface area contributed by atoms with Crippen molar-refractivity contribution in [3.05, 3.63) is 57.3 Å². The van der Waals surface area contributed by atoms with Gasteiger partial charge < -0.3 is 15.4 Å². The number of amides is 2. The van der Waals surface area contributed by atoms with Crippen LogP contribution in [0.1, 0.15) is 23.0 Å². The fraction of sp³-hybridized carbons (Fsp3) is 0.188. The molecule has 0 saturated carbocycles. The topological polar surface area (TPSA) is 80.3 Å². The first-order valence-electron chi connectivity index (χ1n) is 7.05. The lowest BCUT2D eigenvalue weighted by atomic mass is 9.93. The minimum Gasteiger partial charge on any atom is -0.447 e. The summed E-state index contributed by atoms with van der Waals surface area (Å²) in [6.07, 6.45) is 1.01. The van der Waals surface area contributed by atoms with Gasteiger partial charge in [0.15, 0.2) is 0 Å². The van der Waals surface area contributed by atoms with E-state index in [0.29, 0.717) is 15.2 Å². The standard InChI is InChI=1S/C16H13BrClN3O3/c1-16(8-24-15(23)21-16)9-3-2-4-10(5-9)20-14(22)13-6-12(18)11(17)7-19-13/h2-7H,8H2,1H3,(H,20,22)(H,21,23). The fourth-order valence-corrected chi connectivity index (χ4v) is 2.71. The average Bonchev–Trinajstić information content (AvgIpc) is 2.91. The van der Waals surface area contributed by atoms with Crippen LogP contribution in [0.4, 0.5) is 10.5 Å². The van der Waals surface area contributed by atoms with Crippen molar-refractivity contribution < 1.29 is 14.3 Å². The number of ether oxygens (including phenoxy) is 1. The number of pyridine rings is 1. The summed E-state index contributed by atoms with van der Waals surface area (Å²) in [6, 6.07) is 8.68. The Hall–Kier alpha value is -2.12. The predicted molar refractivity (Wildman–Crippen MR) is 93.2 cm³/mol. The number of nitrogens with one attached hydrogen (secondary N) is 2. The maximum Gasteiger partial charge on any atom is 0.408 e. The van der Waals surface area contributed by atoms with Crippen LogP contribution in [0.5, 0.6) is 0 Å². The lowest BCUT2D eigenvalue weighted by molar-refractivity contribution is 0.102. The van der Waals surface area contributed by atoms with E-state index in [2.05, 4.69) is 31.5 Å². The van der Waals surface area contributed by atoms with Crippen molar-refractivity contribution in [3.8, 4) is 0 Å². The summed E-state index contributed by atoms with van der Waals surface area (Å²) in [5, 5.41) is 5.94. The SMILES string of the molecule is CC1(c2cccc(NC(=O)c3cc(Cl)c(Br)cn3)c2)COC(=O)N1. The number of alkyl carbamates (subject to hydrolysis) is 1. The van der Waals surface area contributed by atoms with Crippen molar-refractivity contribution in [2.45, 2.75) is 12.5 Å². The average molecular weight is 411 g/mol. The summed E-state index contributed by atoms with van der Waals surface area (Å²) in [4.78, 5) is 27.6. The summed E-state index contributed by atoms with van der Waals surface area (Å²) >= 11 is 9.21. The molecule has 1 aliphatic rings. The number of aromatic nitrogens is 1. The molecule has 2 aromatic rings. The molecule has 1 aromatic carbocycles. The monoisotopic (exact) mass is 409 g/mol. The van der Waals surface area contributed by atoms with E-state index in [9.17, 15) is 9.59 Å². The Morgan fingerprint density at radius 3 is 2.92 bits per heavy atom. The lowest BCUT2D eigenvalue weighted by Crippen LogP contribution is -2.37. The van der Waals surface area contributed by atoms with E-state index in [0.717, 1.165) is 5.56 Å². The van der Waals surface area contributed by atoms with Crippen LogP contribution in [-0.4, -0.2) is 23.6 Å². The molecule has 24 heavy (non-hydrogen) atoms. The number of benzene rings is 1. The molecule has 0 radical (unpaired) electrons. The molecule has 2 N–H and O–H groups in total. The molecule has 1 fully saturated rings. The first-order chi connectivity index (χ1) is 11.4. The van der Waals surface area contributed by atoms with Gasteiger partial charge in [0.05, 0.1) is 15.0 Å². The third-order valence-corrected chi connectivity index (χ3v) is 4.84. The zero-order chi connectivity index (χ0) is 17.3. The summed E-state index contributed by atoms with van der Waals surface area (Å²) < 4.78 is 5.59. The summed E-state index contributed by atoms with van der Waals surface area (Å²) in [5.41, 5.74) is 0.989. The second-order valence-corrected chi connectivity index (χ2v) is 6.81. The smallest absolute Gasteiger partial charge is 0.408 e. The van der Waals surface area contributed by atoms with Crippen molar-refractivity contribution >= 4 is 45.2 Å². The van der Waals surface area contributed by atoms with Crippen LogP contribution < -0.4 is 10.6 Å². The minimum atomic E-state index is -0.628. The van der Waals surface area contributed by atoms with Gasteiger partial charge in [-0.1, -0.05) is 23.7 Å². The van der Waals surface area contributed by atoms with Gasteiger partial charge in [0, 0.05) is 11.9 Å². The summed E-state index contributed by atoms with van der Waals surface area (Å²) in [5.74, 6) is -0.376. The third kappa shape index (κ3) is 3.37. The first-order valence-corrected chi connectivity index (χ1v) is 8.22. The molecule has 8 heteroatoms. The number of nitrogens with zero attached hydrogens (tertiary/aromatic N) is 1. The molecule has 3 rings (SSSR count). The fourth-order valence-electron chi connectivity index (χ4n) is 2.34. The third-order valence-electron chi connectivity index (χ3n) is 3.67. The molecule has 124 valence electrons. The molecule has 6 nitrogen and oxygen atoms in total. The number of cyclic esters (lactones) is 1. The van der Waals surface area contributed by atoms with E-state index in [1.54, 1.807) is 18.2 Å². The van der Waals surface area contributed by atoms with Gasteiger partial charge in [0.1, 0.15) is 12.3 Å². The highest BCUT2D eigenvalue weighted by molar-refractivity contribution is 9.10. The zero-order valence-corrected chi connectivity index (χ0v) is 14.9. The molecule has 1 aromatic heterocycles. The number of hydrogen-bond donors (Lipinski definition) is 2. The van der Waals surface area contributed by atoms with Crippen molar-refractivity contribution in [1.82, 2.24) is 10.3 Å². The van der Waals surface area contributed by atoms with E-state index >= 15 is 0 Å². The van der Waals surface area contributed by atoms with Gasteiger partial charge in [0.25, 0.3) is 5.91 Å². The van der Waals surface area contributed by atoms with Crippen LogP contribution in [0.15, 0.2) is 41.0 Å². The molecule has 0 bridgehead atoms. The Labute approximate surface area is 151 Å². The van der Waals surface area contributed by atoms with Gasteiger partial charge in [-0.15, -0.1) is 0 Å². The Balaban J connectivity index is 1.80. The second-order valence-electron chi connectivity index (χ2n) is 5.55. The second kappa shape index (κ2) is 6.41. The molecule has 1 saturated heterocycles. The molecule has 2 heterocycles. The van der Waals surface area contributed by atoms with Gasteiger partial charge in [0.2, 0.25) is 0 Å². The highest BCUT2D eigenvalue weighted by atomic mass is 79.9. The highest BCUT2D eigenvalue weighted by Gasteiger charge is 2.36. The quantitative estimate of drug-likeness (QED) is 0.808. The molecule has 2 amide bonds. The number of carbonyl (C=O) groups excluding carboxylic acids is 2. The maximum atomic E-state index is 12.3. The zero-order valence-electron chi connectivity index (χ0n) is 12.6. The van der Waals surface area contributed by atoms with E-state index in [1.807, 2.05) is 13.0 Å². The van der Waals surface area contributed by atoms with E-state index < -0.39 is 11.6 Å². The summed E-state index contributed by atoms with van der Waals surface area (Å²) in [6.45, 7) is 2.09. The minimum absolute atomic E-state index is 0.206. The van der Waals surface area contributed by atoms with Crippen LogP contribution in [0, 0.1) is 0 Å². The van der Waals surface area contributed by atoms with Crippen molar-refractivity contribution in [2.75, 3.05) is 11.9 Å². The Morgan fingerprint density at radius 2 is 2.25 bits per heavy atom. The number of halogens is 2. The van der Waals surface area contributed by atoms with Crippen LogP contribution in [0.3, 0.4) is 0 Å². The molecule has 1 atom stereocenters. The molecule has 1 aliphatic heterocycles. The molecule has 1 unspecified atom stereocenters. The van der Waals surface area contributed by atoms with Gasteiger partial charge in [-0.2, -0.15) is 0 Å². The number of hydrogen-bond acceptors (Lipinski definition) is 4. The van der Waals surface area contributed by atoms with Crippen molar-refractivity contribution in [1.29, 1.82) is 0 Å². The van der Waals surface area contributed by atoms with Crippen LogP contribution >= 0.6 is 27.5 Å². The number of rotatable bonds is 3. The van der Waals surface area contributed by atoms with Crippen molar-refractivity contribution in [2.24, 2.45) is 0 Å². The van der Waals surface area contributed by atoms with Gasteiger partial charge >= 0.3 is 6.09 Å². The largest absolute Gasteiger partial charge is 0.447 e. The van der Waals surface area contributed by atoms with E-state index in [-0.39, 0.29) is 18.2 Å². The first kappa shape index (κ1) is 16.7. The van der Waals surface area contributed by atoms with E-state index in [4.69, 9.17) is 16.3 Å². The highest BCUT2D eigenvalue weighted by Crippen LogP contribution is 2.28. The van der Waals surface area contributed by atoms with Crippen molar-refractivity contribution in [3.63, 3.8) is 0 Å². The Kier molecular flexibility index (Phi) is 4.47.